The minimum atomic E-state index is -0.683. The molecule has 104 valence electrons. The molecule has 0 aliphatic rings. The van der Waals surface area contributed by atoms with E-state index in [2.05, 4.69) is 5.32 Å². The van der Waals surface area contributed by atoms with Crippen molar-refractivity contribution in [1.82, 2.24) is 5.32 Å². The largest absolute Gasteiger partial charge is 0.391 e. The number of benzene rings is 1. The van der Waals surface area contributed by atoms with Crippen LogP contribution in [0.1, 0.15) is 32.3 Å². The Hall–Kier alpha value is -1.49. The van der Waals surface area contributed by atoms with E-state index in [0.29, 0.717) is 18.4 Å². The molecule has 3 nitrogen and oxygen atoms in total. The number of hydrogen-bond acceptors (Lipinski definition) is 2. The summed E-state index contributed by atoms with van der Waals surface area (Å²) >= 11 is 5.03. The summed E-state index contributed by atoms with van der Waals surface area (Å²) in [6.07, 6.45) is 1.21. The van der Waals surface area contributed by atoms with Crippen LogP contribution in [-0.2, 0) is 11.2 Å². The van der Waals surface area contributed by atoms with E-state index in [-0.39, 0.29) is 23.1 Å². The van der Waals surface area contributed by atoms with Crippen molar-refractivity contribution < 1.29 is 9.18 Å². The van der Waals surface area contributed by atoms with Crippen LogP contribution in [-0.4, -0.2) is 16.4 Å². The average molecular weight is 282 g/mol. The first-order valence-electron chi connectivity index (χ1n) is 6.29. The first kappa shape index (κ1) is 15.6. The standard InChI is InChI=1S/C14H19FN2OS/c1-3-14(4-2,13(16)19)17-12(18)9-10-7-5-6-8-11(10)15/h5-8H,3-4,9H2,1-2H3,(H2,16,19)(H,17,18). The third kappa shape index (κ3) is 3.73. The van der Waals surface area contributed by atoms with Crippen molar-refractivity contribution in [2.75, 3.05) is 0 Å². The second-order valence-corrected chi connectivity index (χ2v) is 4.91. The topological polar surface area (TPSA) is 55.1 Å². The Morgan fingerprint density at radius 3 is 2.42 bits per heavy atom. The lowest BCUT2D eigenvalue weighted by molar-refractivity contribution is -0.121. The summed E-state index contributed by atoms with van der Waals surface area (Å²) in [6.45, 7) is 3.82. The van der Waals surface area contributed by atoms with E-state index >= 15 is 0 Å². The fourth-order valence-electron chi connectivity index (χ4n) is 1.96. The van der Waals surface area contributed by atoms with E-state index in [1.54, 1.807) is 18.2 Å². The molecule has 0 unspecified atom stereocenters. The molecule has 1 aromatic rings. The van der Waals surface area contributed by atoms with Crippen LogP contribution in [0.2, 0.25) is 0 Å². The Morgan fingerprint density at radius 2 is 1.95 bits per heavy atom. The van der Waals surface area contributed by atoms with Crippen molar-refractivity contribution in [3.05, 3.63) is 35.6 Å². The Morgan fingerprint density at radius 1 is 1.37 bits per heavy atom. The summed E-state index contributed by atoms with van der Waals surface area (Å²) in [5.74, 6) is -0.659. The van der Waals surface area contributed by atoms with Crippen LogP contribution in [0.15, 0.2) is 24.3 Å². The molecular formula is C14H19FN2OS. The zero-order chi connectivity index (χ0) is 14.5. The summed E-state index contributed by atoms with van der Waals surface area (Å²) < 4.78 is 13.5. The van der Waals surface area contributed by atoms with Gasteiger partial charge >= 0.3 is 0 Å². The molecule has 1 rings (SSSR count). The highest BCUT2D eigenvalue weighted by molar-refractivity contribution is 7.80. The minimum absolute atomic E-state index is 0.0168. The first-order valence-corrected chi connectivity index (χ1v) is 6.70. The number of carbonyl (C=O) groups is 1. The molecule has 1 aromatic carbocycles. The number of hydrogen-bond donors (Lipinski definition) is 2. The van der Waals surface area contributed by atoms with Crippen molar-refractivity contribution in [2.24, 2.45) is 5.73 Å². The van der Waals surface area contributed by atoms with E-state index in [1.165, 1.54) is 6.07 Å². The third-order valence-corrected chi connectivity index (χ3v) is 3.76. The fraction of sp³-hybridized carbons (Fsp3) is 0.429. The summed E-state index contributed by atoms with van der Waals surface area (Å²) in [5.41, 5.74) is 5.39. The number of halogens is 1. The summed E-state index contributed by atoms with van der Waals surface area (Å²) in [7, 11) is 0. The molecule has 5 heteroatoms. The minimum Gasteiger partial charge on any atom is -0.391 e. The highest BCUT2D eigenvalue weighted by atomic mass is 32.1. The average Bonchev–Trinajstić information content (AvgIpc) is 2.38. The maximum absolute atomic E-state index is 13.5. The van der Waals surface area contributed by atoms with Crippen molar-refractivity contribution >= 4 is 23.1 Å². The highest BCUT2D eigenvalue weighted by Crippen LogP contribution is 2.16. The molecule has 1 amide bonds. The molecule has 0 saturated heterocycles. The van der Waals surface area contributed by atoms with Crippen molar-refractivity contribution in [3.63, 3.8) is 0 Å². The van der Waals surface area contributed by atoms with Gasteiger partial charge in [-0.1, -0.05) is 44.3 Å². The predicted molar refractivity (Wildman–Crippen MR) is 78.3 cm³/mol. The monoisotopic (exact) mass is 282 g/mol. The van der Waals surface area contributed by atoms with Crippen LogP contribution >= 0.6 is 12.2 Å². The summed E-state index contributed by atoms with van der Waals surface area (Å²) in [6, 6.07) is 6.22. The van der Waals surface area contributed by atoms with Gasteiger partial charge in [0.05, 0.1) is 16.9 Å². The van der Waals surface area contributed by atoms with Gasteiger partial charge in [0, 0.05) is 0 Å². The quantitative estimate of drug-likeness (QED) is 0.787. The maximum Gasteiger partial charge on any atom is 0.225 e. The Bertz CT molecular complexity index is 472. The van der Waals surface area contributed by atoms with Crippen LogP contribution in [0.4, 0.5) is 4.39 Å². The van der Waals surface area contributed by atoms with Gasteiger partial charge in [0.25, 0.3) is 0 Å². The number of rotatable bonds is 6. The van der Waals surface area contributed by atoms with Crippen molar-refractivity contribution in [1.29, 1.82) is 0 Å². The second-order valence-electron chi connectivity index (χ2n) is 4.47. The van der Waals surface area contributed by atoms with E-state index in [4.69, 9.17) is 18.0 Å². The van der Waals surface area contributed by atoms with Gasteiger partial charge in [-0.25, -0.2) is 4.39 Å². The number of carbonyl (C=O) groups excluding carboxylic acids is 1. The van der Waals surface area contributed by atoms with Gasteiger partial charge in [0.15, 0.2) is 0 Å². The second kappa shape index (κ2) is 6.61. The predicted octanol–water partition coefficient (Wildman–Crippen LogP) is 2.33. The highest BCUT2D eigenvalue weighted by Gasteiger charge is 2.31. The molecule has 0 aliphatic heterocycles. The smallest absolute Gasteiger partial charge is 0.225 e. The van der Waals surface area contributed by atoms with Gasteiger partial charge in [-0.05, 0) is 24.5 Å². The zero-order valence-electron chi connectivity index (χ0n) is 11.2. The summed E-state index contributed by atoms with van der Waals surface area (Å²) in [4.78, 5) is 12.3. The lowest BCUT2D eigenvalue weighted by atomic mass is 9.92. The van der Waals surface area contributed by atoms with E-state index in [1.807, 2.05) is 13.8 Å². The molecule has 0 aromatic heterocycles. The first-order chi connectivity index (χ1) is 8.95. The molecule has 0 saturated carbocycles. The van der Waals surface area contributed by atoms with Gasteiger partial charge in [0.2, 0.25) is 5.91 Å². The third-order valence-electron chi connectivity index (χ3n) is 3.37. The van der Waals surface area contributed by atoms with Gasteiger partial charge in [-0.2, -0.15) is 0 Å². The van der Waals surface area contributed by atoms with E-state index in [0.717, 1.165) is 0 Å². The molecule has 0 radical (unpaired) electrons. The SMILES string of the molecule is CCC(CC)(NC(=O)Cc1ccccc1F)C(N)=S. The molecule has 0 atom stereocenters. The summed E-state index contributed by atoms with van der Waals surface area (Å²) in [5, 5.41) is 2.83. The molecule has 19 heavy (non-hydrogen) atoms. The number of thiocarbonyl (C=S) groups is 1. The van der Waals surface area contributed by atoms with Crippen LogP contribution in [0.3, 0.4) is 0 Å². The maximum atomic E-state index is 13.5. The van der Waals surface area contributed by atoms with Crippen LogP contribution in [0.25, 0.3) is 0 Å². The molecular weight excluding hydrogens is 263 g/mol. The molecule has 0 bridgehead atoms. The number of amides is 1. The fourth-order valence-corrected chi connectivity index (χ4v) is 2.30. The lowest BCUT2D eigenvalue weighted by Crippen LogP contribution is -2.56. The molecule has 0 spiro atoms. The van der Waals surface area contributed by atoms with Crippen LogP contribution in [0.5, 0.6) is 0 Å². The Kier molecular flexibility index (Phi) is 5.42. The van der Waals surface area contributed by atoms with Crippen molar-refractivity contribution in [2.45, 2.75) is 38.6 Å². The zero-order valence-corrected chi connectivity index (χ0v) is 12.0. The molecule has 0 heterocycles. The van der Waals surface area contributed by atoms with E-state index in [9.17, 15) is 9.18 Å². The molecule has 3 N–H and O–H groups in total. The van der Waals surface area contributed by atoms with E-state index < -0.39 is 5.54 Å². The number of nitrogens with two attached hydrogens (primary N) is 1. The molecule has 0 fully saturated rings. The van der Waals surface area contributed by atoms with Gasteiger partial charge in [-0.15, -0.1) is 0 Å². The molecule has 0 aliphatic carbocycles. The lowest BCUT2D eigenvalue weighted by Gasteiger charge is -2.31. The van der Waals surface area contributed by atoms with Crippen LogP contribution in [0, 0.1) is 5.82 Å². The van der Waals surface area contributed by atoms with Gasteiger partial charge in [-0.3, -0.25) is 4.79 Å². The normalized spacial score (nSPS) is 11.1. The van der Waals surface area contributed by atoms with Gasteiger partial charge < -0.3 is 11.1 Å². The van der Waals surface area contributed by atoms with Crippen LogP contribution < -0.4 is 11.1 Å². The Balaban J connectivity index is 2.80. The van der Waals surface area contributed by atoms with Gasteiger partial charge in [0.1, 0.15) is 5.82 Å². The number of nitrogens with one attached hydrogen (secondary N) is 1. The Labute approximate surface area is 118 Å². The van der Waals surface area contributed by atoms with Crippen molar-refractivity contribution in [3.8, 4) is 0 Å².